The van der Waals surface area contributed by atoms with Gasteiger partial charge < -0.3 is 16.0 Å². The monoisotopic (exact) mass is 355 g/mol. The Morgan fingerprint density at radius 3 is 2.74 bits per heavy atom. The van der Waals surface area contributed by atoms with Crippen LogP contribution in [-0.4, -0.2) is 29.9 Å². The number of carbonyl (C=O) groups excluding carboxylic acids is 2. The molecule has 1 heterocycles. The van der Waals surface area contributed by atoms with Crippen LogP contribution in [0.5, 0.6) is 0 Å². The van der Waals surface area contributed by atoms with Crippen LogP contribution in [0.2, 0.25) is 10.0 Å². The first-order valence-corrected chi connectivity index (χ1v) is 8.60. The van der Waals surface area contributed by atoms with E-state index >= 15 is 0 Å². The van der Waals surface area contributed by atoms with Crippen molar-refractivity contribution < 1.29 is 9.59 Å². The standard InChI is InChI=1S/C16H19Cl2N3O2/c17-9-5-6-10(18)13(7-9)20-15(22)8-14-16(23)21-12-4-2-1-3-11(12)19-14/h5-7,11-12,14,19H,1-4,8H2,(H,20,22)(H,21,23)/t11-,12-,14-/m0/s1. The molecule has 3 N–H and O–H groups in total. The van der Waals surface area contributed by atoms with Crippen molar-refractivity contribution in [3.05, 3.63) is 28.2 Å². The van der Waals surface area contributed by atoms with Crippen LogP contribution in [0.15, 0.2) is 18.2 Å². The molecule has 0 unspecified atom stereocenters. The van der Waals surface area contributed by atoms with E-state index in [1.165, 1.54) is 0 Å². The highest BCUT2D eigenvalue weighted by molar-refractivity contribution is 6.35. The zero-order valence-electron chi connectivity index (χ0n) is 12.6. The Hall–Kier alpha value is -1.30. The fourth-order valence-corrected chi connectivity index (χ4v) is 3.59. The molecule has 1 aromatic carbocycles. The molecule has 124 valence electrons. The highest BCUT2D eigenvalue weighted by Gasteiger charge is 2.36. The van der Waals surface area contributed by atoms with Crippen LogP contribution < -0.4 is 16.0 Å². The predicted octanol–water partition coefficient (Wildman–Crippen LogP) is 2.72. The van der Waals surface area contributed by atoms with Crippen molar-refractivity contribution in [3.63, 3.8) is 0 Å². The average Bonchev–Trinajstić information content (AvgIpc) is 2.51. The molecule has 1 saturated carbocycles. The summed E-state index contributed by atoms with van der Waals surface area (Å²) < 4.78 is 0. The average molecular weight is 356 g/mol. The lowest BCUT2D eigenvalue weighted by atomic mass is 9.87. The third kappa shape index (κ3) is 3.97. The molecule has 3 rings (SSSR count). The molecule has 5 nitrogen and oxygen atoms in total. The zero-order valence-corrected chi connectivity index (χ0v) is 14.1. The molecule has 2 fully saturated rings. The van der Waals surface area contributed by atoms with Gasteiger partial charge in [0.15, 0.2) is 0 Å². The van der Waals surface area contributed by atoms with Gasteiger partial charge in [0.2, 0.25) is 11.8 Å². The third-order valence-corrected chi connectivity index (χ3v) is 4.98. The fourth-order valence-electron chi connectivity index (χ4n) is 3.25. The summed E-state index contributed by atoms with van der Waals surface area (Å²) in [5.41, 5.74) is 0.455. The molecule has 2 amide bonds. The molecule has 1 saturated heterocycles. The highest BCUT2D eigenvalue weighted by Crippen LogP contribution is 2.26. The van der Waals surface area contributed by atoms with Gasteiger partial charge in [-0.05, 0) is 31.0 Å². The zero-order chi connectivity index (χ0) is 16.4. The molecule has 0 radical (unpaired) electrons. The summed E-state index contributed by atoms with van der Waals surface area (Å²) in [6.45, 7) is 0. The topological polar surface area (TPSA) is 70.2 Å². The first-order valence-electron chi connectivity index (χ1n) is 7.84. The van der Waals surface area contributed by atoms with Crippen molar-refractivity contribution in [2.75, 3.05) is 5.32 Å². The van der Waals surface area contributed by atoms with Gasteiger partial charge in [0.1, 0.15) is 0 Å². The van der Waals surface area contributed by atoms with Crippen molar-refractivity contribution in [1.82, 2.24) is 10.6 Å². The van der Waals surface area contributed by atoms with Gasteiger partial charge >= 0.3 is 0 Å². The lowest BCUT2D eigenvalue weighted by Crippen LogP contribution is -2.65. The van der Waals surface area contributed by atoms with Gasteiger partial charge in [-0.25, -0.2) is 0 Å². The van der Waals surface area contributed by atoms with Crippen LogP contribution in [0, 0.1) is 0 Å². The second-order valence-electron chi connectivity index (χ2n) is 6.10. The van der Waals surface area contributed by atoms with Crippen LogP contribution in [0.1, 0.15) is 32.1 Å². The molecule has 2 aliphatic rings. The van der Waals surface area contributed by atoms with E-state index in [1.807, 2.05) is 0 Å². The van der Waals surface area contributed by atoms with Crippen molar-refractivity contribution in [1.29, 1.82) is 0 Å². The Morgan fingerprint density at radius 2 is 1.96 bits per heavy atom. The maximum absolute atomic E-state index is 12.2. The number of carbonyl (C=O) groups is 2. The smallest absolute Gasteiger partial charge is 0.237 e. The number of nitrogens with one attached hydrogen (secondary N) is 3. The van der Waals surface area contributed by atoms with E-state index in [-0.39, 0.29) is 30.3 Å². The first-order chi connectivity index (χ1) is 11.0. The van der Waals surface area contributed by atoms with E-state index < -0.39 is 6.04 Å². The van der Waals surface area contributed by atoms with E-state index in [9.17, 15) is 9.59 Å². The largest absolute Gasteiger partial charge is 0.350 e. The summed E-state index contributed by atoms with van der Waals surface area (Å²) in [5, 5.41) is 9.96. The number of rotatable bonds is 3. The van der Waals surface area contributed by atoms with Crippen LogP contribution >= 0.6 is 23.2 Å². The number of halogens is 2. The van der Waals surface area contributed by atoms with Gasteiger partial charge in [-0.15, -0.1) is 0 Å². The van der Waals surface area contributed by atoms with Gasteiger partial charge in [-0.1, -0.05) is 36.0 Å². The third-order valence-electron chi connectivity index (χ3n) is 4.42. The van der Waals surface area contributed by atoms with E-state index in [1.54, 1.807) is 18.2 Å². The van der Waals surface area contributed by atoms with Gasteiger partial charge in [-0.3, -0.25) is 9.59 Å². The Kier molecular flexibility index (Phi) is 5.09. The molecule has 1 aliphatic carbocycles. The quantitative estimate of drug-likeness (QED) is 0.780. The molecule has 0 bridgehead atoms. The Morgan fingerprint density at radius 1 is 1.22 bits per heavy atom. The maximum Gasteiger partial charge on any atom is 0.237 e. The van der Waals surface area contributed by atoms with E-state index in [2.05, 4.69) is 16.0 Å². The minimum absolute atomic E-state index is 0.0674. The molecule has 1 aliphatic heterocycles. The highest BCUT2D eigenvalue weighted by atomic mass is 35.5. The second kappa shape index (κ2) is 7.07. The van der Waals surface area contributed by atoms with Gasteiger partial charge in [0.25, 0.3) is 0 Å². The number of piperazine rings is 1. The van der Waals surface area contributed by atoms with Crippen LogP contribution in [0.3, 0.4) is 0 Å². The normalized spacial score (nSPS) is 27.0. The summed E-state index contributed by atoms with van der Waals surface area (Å²) in [6, 6.07) is 4.81. The van der Waals surface area contributed by atoms with E-state index in [4.69, 9.17) is 23.2 Å². The molecular formula is C16H19Cl2N3O2. The maximum atomic E-state index is 12.2. The van der Waals surface area contributed by atoms with Crippen LogP contribution in [0.4, 0.5) is 5.69 Å². The number of amides is 2. The minimum atomic E-state index is -0.507. The van der Waals surface area contributed by atoms with E-state index in [0.29, 0.717) is 15.7 Å². The van der Waals surface area contributed by atoms with Crippen molar-refractivity contribution in [2.24, 2.45) is 0 Å². The Bertz CT molecular complexity index is 623. The van der Waals surface area contributed by atoms with Crippen LogP contribution in [0.25, 0.3) is 0 Å². The lowest BCUT2D eigenvalue weighted by molar-refractivity contribution is -0.129. The van der Waals surface area contributed by atoms with E-state index in [0.717, 1.165) is 25.7 Å². The SMILES string of the molecule is O=C(C[C@@H]1N[C@H]2CCCC[C@@H]2NC1=O)Nc1cc(Cl)ccc1Cl. The van der Waals surface area contributed by atoms with Crippen molar-refractivity contribution in [2.45, 2.75) is 50.2 Å². The molecule has 0 spiro atoms. The fraction of sp³-hybridized carbons (Fsp3) is 0.500. The molecule has 23 heavy (non-hydrogen) atoms. The van der Waals surface area contributed by atoms with Gasteiger partial charge in [-0.2, -0.15) is 0 Å². The molecule has 0 aromatic heterocycles. The molecular weight excluding hydrogens is 337 g/mol. The molecule has 1 aromatic rings. The Balaban J connectivity index is 1.61. The number of benzene rings is 1. The molecule has 7 heteroatoms. The predicted molar refractivity (Wildman–Crippen MR) is 90.8 cm³/mol. The number of anilines is 1. The van der Waals surface area contributed by atoms with Gasteiger partial charge in [0.05, 0.1) is 23.2 Å². The summed E-state index contributed by atoms with van der Waals surface area (Å²) in [5.74, 6) is -0.378. The summed E-state index contributed by atoms with van der Waals surface area (Å²) in [4.78, 5) is 24.4. The second-order valence-corrected chi connectivity index (χ2v) is 6.95. The van der Waals surface area contributed by atoms with Gasteiger partial charge in [0, 0.05) is 17.1 Å². The summed E-state index contributed by atoms with van der Waals surface area (Å²) in [7, 11) is 0. The lowest BCUT2D eigenvalue weighted by Gasteiger charge is -2.40. The Labute approximate surface area is 145 Å². The summed E-state index contributed by atoms with van der Waals surface area (Å²) in [6.07, 6.45) is 4.39. The minimum Gasteiger partial charge on any atom is -0.350 e. The molecule has 3 atom stereocenters. The summed E-state index contributed by atoms with van der Waals surface area (Å²) >= 11 is 11.9. The van der Waals surface area contributed by atoms with Crippen LogP contribution in [-0.2, 0) is 9.59 Å². The first kappa shape index (κ1) is 16.6. The van der Waals surface area contributed by atoms with Crippen molar-refractivity contribution >= 4 is 40.7 Å². The number of hydrogen-bond acceptors (Lipinski definition) is 3. The number of fused-ring (bicyclic) bond motifs is 1. The van der Waals surface area contributed by atoms with Crippen molar-refractivity contribution in [3.8, 4) is 0 Å². The number of hydrogen-bond donors (Lipinski definition) is 3.